The molecule has 0 aliphatic heterocycles. The smallest absolute Gasteiger partial charge is 0.258 e. The van der Waals surface area contributed by atoms with Crippen LogP contribution in [0.4, 0.5) is 9.52 Å². The number of fused-ring (bicyclic) bond motifs is 1. The van der Waals surface area contributed by atoms with Crippen molar-refractivity contribution in [2.24, 2.45) is 0 Å². The molecule has 0 radical (unpaired) electrons. The highest BCUT2D eigenvalue weighted by molar-refractivity contribution is 14.1. The number of nitrogens with zero attached hydrogens (tertiary/aromatic N) is 1. The van der Waals surface area contributed by atoms with E-state index < -0.39 is 0 Å². The molecule has 0 saturated heterocycles. The molecule has 1 N–H and O–H groups in total. The zero-order valence-electron chi connectivity index (χ0n) is 10.1. The first-order valence-corrected chi connectivity index (χ1v) is 7.65. The number of carbonyl (C=O) groups is 1. The Morgan fingerprint density at radius 1 is 1.20 bits per heavy atom. The molecule has 0 bridgehead atoms. The SMILES string of the molecule is O=C(Nc1nc2c(F)cccc2s1)c1ccccc1I. The zero-order chi connectivity index (χ0) is 14.1. The summed E-state index contributed by atoms with van der Waals surface area (Å²) in [6, 6.07) is 12.0. The van der Waals surface area contributed by atoms with Gasteiger partial charge < -0.3 is 0 Å². The van der Waals surface area contributed by atoms with E-state index in [2.05, 4.69) is 32.9 Å². The lowest BCUT2D eigenvalue weighted by Gasteiger charge is -2.03. The lowest BCUT2D eigenvalue weighted by Crippen LogP contribution is -2.13. The minimum Gasteiger partial charge on any atom is -0.298 e. The van der Waals surface area contributed by atoms with E-state index in [1.165, 1.54) is 17.4 Å². The molecule has 0 spiro atoms. The fourth-order valence-corrected chi connectivity index (χ4v) is 3.29. The molecule has 20 heavy (non-hydrogen) atoms. The van der Waals surface area contributed by atoms with Gasteiger partial charge in [-0.3, -0.25) is 10.1 Å². The van der Waals surface area contributed by atoms with Crippen LogP contribution in [-0.4, -0.2) is 10.9 Å². The van der Waals surface area contributed by atoms with Crippen molar-refractivity contribution in [2.75, 3.05) is 5.32 Å². The average Bonchev–Trinajstić information content (AvgIpc) is 2.83. The summed E-state index contributed by atoms with van der Waals surface area (Å²) < 4.78 is 15.1. The van der Waals surface area contributed by atoms with Crippen LogP contribution in [0.5, 0.6) is 0 Å². The number of hydrogen-bond acceptors (Lipinski definition) is 3. The molecule has 0 aliphatic rings. The number of rotatable bonds is 2. The van der Waals surface area contributed by atoms with E-state index in [9.17, 15) is 9.18 Å². The van der Waals surface area contributed by atoms with Gasteiger partial charge in [0.15, 0.2) is 5.13 Å². The van der Waals surface area contributed by atoms with E-state index in [0.29, 0.717) is 15.4 Å². The molecule has 3 aromatic rings. The number of thiazole rings is 1. The Balaban J connectivity index is 1.92. The van der Waals surface area contributed by atoms with Gasteiger partial charge in [-0.1, -0.05) is 29.5 Å². The van der Waals surface area contributed by atoms with E-state index in [1.54, 1.807) is 24.3 Å². The quantitative estimate of drug-likeness (QED) is 0.655. The first-order chi connectivity index (χ1) is 9.65. The van der Waals surface area contributed by atoms with Crippen LogP contribution in [0, 0.1) is 9.39 Å². The highest BCUT2D eigenvalue weighted by Crippen LogP contribution is 2.28. The van der Waals surface area contributed by atoms with Crippen LogP contribution in [0.15, 0.2) is 42.5 Å². The number of benzene rings is 2. The van der Waals surface area contributed by atoms with Gasteiger partial charge in [-0.2, -0.15) is 0 Å². The molecule has 3 nitrogen and oxygen atoms in total. The largest absolute Gasteiger partial charge is 0.298 e. The van der Waals surface area contributed by atoms with Gasteiger partial charge in [0.25, 0.3) is 5.91 Å². The first-order valence-electron chi connectivity index (χ1n) is 5.76. The van der Waals surface area contributed by atoms with Gasteiger partial charge in [0.05, 0.1) is 10.3 Å². The summed E-state index contributed by atoms with van der Waals surface area (Å²) in [5.74, 6) is -0.622. The number of carbonyl (C=O) groups excluding carboxylic acids is 1. The van der Waals surface area contributed by atoms with Crippen molar-refractivity contribution in [3.05, 3.63) is 57.4 Å². The van der Waals surface area contributed by atoms with Crippen LogP contribution in [0.1, 0.15) is 10.4 Å². The van der Waals surface area contributed by atoms with Crippen molar-refractivity contribution in [2.45, 2.75) is 0 Å². The van der Waals surface area contributed by atoms with Crippen molar-refractivity contribution >= 4 is 55.2 Å². The van der Waals surface area contributed by atoms with Crippen LogP contribution in [-0.2, 0) is 0 Å². The molecule has 2 aromatic carbocycles. The molecule has 0 saturated carbocycles. The molecule has 1 amide bonds. The first kappa shape index (κ1) is 13.4. The second-order valence-corrected chi connectivity index (χ2v) is 6.23. The van der Waals surface area contributed by atoms with E-state index in [0.717, 1.165) is 3.57 Å². The van der Waals surface area contributed by atoms with Gasteiger partial charge in [0.2, 0.25) is 0 Å². The highest BCUT2D eigenvalue weighted by atomic mass is 127. The summed E-state index contributed by atoms with van der Waals surface area (Å²) in [5.41, 5.74) is 0.864. The molecule has 0 unspecified atom stereocenters. The molecule has 0 fully saturated rings. The van der Waals surface area contributed by atoms with Crippen molar-refractivity contribution in [3.63, 3.8) is 0 Å². The van der Waals surface area contributed by atoms with Gasteiger partial charge in [-0.05, 0) is 46.9 Å². The standard InChI is InChI=1S/C14H8FIN2OS/c15-9-5-3-7-11-12(9)17-14(20-11)18-13(19)8-4-1-2-6-10(8)16/h1-7H,(H,17,18,19). The molecule has 100 valence electrons. The Hall–Kier alpha value is -1.54. The topological polar surface area (TPSA) is 42.0 Å². The summed E-state index contributed by atoms with van der Waals surface area (Å²) in [6.45, 7) is 0. The predicted octanol–water partition coefficient (Wildman–Crippen LogP) is 4.29. The third-order valence-corrected chi connectivity index (χ3v) is 4.59. The maximum Gasteiger partial charge on any atom is 0.258 e. The fourth-order valence-electron chi connectivity index (χ4n) is 1.78. The van der Waals surface area contributed by atoms with Crippen LogP contribution in [0.3, 0.4) is 0 Å². The molecule has 0 atom stereocenters. The van der Waals surface area contributed by atoms with Gasteiger partial charge in [-0.15, -0.1) is 0 Å². The Kier molecular flexibility index (Phi) is 3.66. The second kappa shape index (κ2) is 5.45. The van der Waals surface area contributed by atoms with E-state index >= 15 is 0 Å². The minimum atomic E-state index is -0.381. The molecule has 6 heteroatoms. The number of amides is 1. The zero-order valence-corrected chi connectivity index (χ0v) is 13.0. The van der Waals surface area contributed by atoms with Gasteiger partial charge in [0.1, 0.15) is 11.3 Å². The fraction of sp³-hybridized carbons (Fsp3) is 0. The number of halogens is 2. The Morgan fingerprint density at radius 2 is 2.00 bits per heavy atom. The Morgan fingerprint density at radius 3 is 2.75 bits per heavy atom. The monoisotopic (exact) mass is 398 g/mol. The number of aromatic nitrogens is 1. The number of anilines is 1. The van der Waals surface area contributed by atoms with Gasteiger partial charge in [-0.25, -0.2) is 9.37 Å². The molecule has 0 aliphatic carbocycles. The van der Waals surface area contributed by atoms with Crippen LogP contribution in [0.25, 0.3) is 10.2 Å². The van der Waals surface area contributed by atoms with Crippen molar-refractivity contribution in [3.8, 4) is 0 Å². The maximum atomic E-state index is 13.6. The highest BCUT2D eigenvalue weighted by Gasteiger charge is 2.13. The second-order valence-electron chi connectivity index (χ2n) is 4.04. The summed E-state index contributed by atoms with van der Waals surface area (Å²) in [5, 5.41) is 3.11. The normalized spacial score (nSPS) is 10.7. The van der Waals surface area contributed by atoms with Crippen LogP contribution in [0.2, 0.25) is 0 Å². The third-order valence-electron chi connectivity index (χ3n) is 2.71. The van der Waals surface area contributed by atoms with E-state index in [4.69, 9.17) is 0 Å². The molecule has 3 rings (SSSR count). The van der Waals surface area contributed by atoms with E-state index in [-0.39, 0.29) is 17.2 Å². The summed E-state index contributed by atoms with van der Waals surface area (Å²) in [7, 11) is 0. The van der Waals surface area contributed by atoms with Crippen LogP contribution < -0.4 is 5.32 Å². The lowest BCUT2D eigenvalue weighted by atomic mass is 10.2. The predicted molar refractivity (Wildman–Crippen MR) is 86.7 cm³/mol. The maximum absolute atomic E-state index is 13.6. The van der Waals surface area contributed by atoms with Gasteiger partial charge >= 0.3 is 0 Å². The molecule has 1 aromatic heterocycles. The van der Waals surface area contributed by atoms with Gasteiger partial charge in [0, 0.05) is 3.57 Å². The van der Waals surface area contributed by atoms with Crippen molar-refractivity contribution in [1.29, 1.82) is 0 Å². The third kappa shape index (κ3) is 2.53. The van der Waals surface area contributed by atoms with E-state index in [1.807, 2.05) is 12.1 Å². The minimum absolute atomic E-state index is 0.241. The molecular formula is C14H8FIN2OS. The lowest BCUT2D eigenvalue weighted by molar-refractivity contribution is 0.102. The van der Waals surface area contributed by atoms with Crippen molar-refractivity contribution < 1.29 is 9.18 Å². The van der Waals surface area contributed by atoms with Crippen LogP contribution >= 0.6 is 33.9 Å². The average molecular weight is 398 g/mol. The molecule has 1 heterocycles. The Bertz CT molecular complexity index is 803. The van der Waals surface area contributed by atoms with Crippen molar-refractivity contribution in [1.82, 2.24) is 4.98 Å². The summed E-state index contributed by atoms with van der Waals surface area (Å²) in [4.78, 5) is 16.3. The Labute approximate surface area is 132 Å². The molecular weight excluding hydrogens is 390 g/mol. The number of nitrogens with one attached hydrogen (secondary N) is 1. The summed E-state index contributed by atoms with van der Waals surface area (Å²) >= 11 is 3.35. The number of para-hydroxylation sites is 1. The summed E-state index contributed by atoms with van der Waals surface area (Å²) in [6.07, 6.45) is 0. The number of hydrogen-bond donors (Lipinski definition) is 1.